The smallest absolute Gasteiger partial charge is 0.261 e. The van der Waals surface area contributed by atoms with Crippen molar-refractivity contribution in [3.63, 3.8) is 0 Å². The van der Waals surface area contributed by atoms with E-state index in [1.807, 2.05) is 50.2 Å². The number of fused-ring (bicyclic) bond motifs is 1. The van der Waals surface area contributed by atoms with Crippen LogP contribution in [0.5, 0.6) is 0 Å². The Hall–Kier alpha value is -2.88. The maximum absolute atomic E-state index is 12.5. The van der Waals surface area contributed by atoms with Gasteiger partial charge in [-0.3, -0.25) is 9.59 Å². The van der Waals surface area contributed by atoms with Gasteiger partial charge in [-0.05, 0) is 43.2 Å². The van der Waals surface area contributed by atoms with Crippen molar-refractivity contribution in [2.24, 2.45) is 0 Å². The second-order valence-electron chi connectivity index (χ2n) is 5.27. The monoisotopic (exact) mass is 292 g/mol. The molecule has 2 N–H and O–H groups in total. The average Bonchev–Trinajstić information content (AvgIpc) is 2.47. The summed E-state index contributed by atoms with van der Waals surface area (Å²) < 4.78 is 0. The Labute approximate surface area is 127 Å². The Bertz CT molecular complexity index is 912. The van der Waals surface area contributed by atoms with E-state index in [2.05, 4.69) is 10.3 Å². The van der Waals surface area contributed by atoms with E-state index in [0.717, 1.165) is 16.5 Å². The third-order valence-corrected chi connectivity index (χ3v) is 3.76. The highest BCUT2D eigenvalue weighted by atomic mass is 16.2. The Morgan fingerprint density at radius 3 is 2.45 bits per heavy atom. The summed E-state index contributed by atoms with van der Waals surface area (Å²) in [6, 6.07) is 14.8. The van der Waals surface area contributed by atoms with E-state index in [0.29, 0.717) is 11.3 Å². The molecule has 3 aromatic rings. The minimum absolute atomic E-state index is 0.158. The van der Waals surface area contributed by atoms with Crippen molar-refractivity contribution in [3.05, 3.63) is 75.6 Å². The van der Waals surface area contributed by atoms with E-state index in [1.165, 1.54) is 0 Å². The average molecular weight is 292 g/mol. The van der Waals surface area contributed by atoms with E-state index >= 15 is 0 Å². The van der Waals surface area contributed by atoms with Crippen LogP contribution in [0.3, 0.4) is 0 Å². The highest BCUT2D eigenvalue weighted by molar-refractivity contribution is 6.07. The number of para-hydroxylation sites is 1. The van der Waals surface area contributed by atoms with Crippen LogP contribution in [0.4, 0.5) is 5.69 Å². The summed E-state index contributed by atoms with van der Waals surface area (Å²) in [4.78, 5) is 27.6. The van der Waals surface area contributed by atoms with Gasteiger partial charge < -0.3 is 10.3 Å². The number of anilines is 1. The molecule has 110 valence electrons. The maximum Gasteiger partial charge on any atom is 0.261 e. The molecule has 4 nitrogen and oxygen atoms in total. The van der Waals surface area contributed by atoms with Gasteiger partial charge in [0, 0.05) is 16.6 Å². The minimum Gasteiger partial charge on any atom is -0.322 e. The SMILES string of the molecule is Cc1cccc2[nH]c(=O)c(C(=O)Nc3ccccc3)c(C)c12. The van der Waals surface area contributed by atoms with Gasteiger partial charge in [0.05, 0.1) is 0 Å². The number of carbonyl (C=O) groups excluding carboxylic acids is 1. The molecule has 0 spiro atoms. The molecule has 22 heavy (non-hydrogen) atoms. The fraction of sp³-hybridized carbons (Fsp3) is 0.111. The number of aryl methyl sites for hydroxylation is 2. The second kappa shape index (κ2) is 5.48. The second-order valence-corrected chi connectivity index (χ2v) is 5.27. The van der Waals surface area contributed by atoms with Crippen LogP contribution in [-0.2, 0) is 0 Å². The standard InChI is InChI=1S/C18H16N2O2/c1-11-7-6-10-14-15(11)12(2)16(18(22)20-14)17(21)19-13-8-4-3-5-9-13/h3-10H,1-2H3,(H,19,21)(H,20,22). The minimum atomic E-state index is -0.393. The Kier molecular flexibility index (Phi) is 3.51. The number of rotatable bonds is 2. The van der Waals surface area contributed by atoms with E-state index in [1.54, 1.807) is 12.1 Å². The van der Waals surface area contributed by atoms with Crippen molar-refractivity contribution in [2.45, 2.75) is 13.8 Å². The van der Waals surface area contributed by atoms with Gasteiger partial charge in [0.15, 0.2) is 0 Å². The van der Waals surface area contributed by atoms with E-state index in [4.69, 9.17) is 0 Å². The van der Waals surface area contributed by atoms with Crippen molar-refractivity contribution in [1.82, 2.24) is 4.98 Å². The topological polar surface area (TPSA) is 62.0 Å². The number of amides is 1. The highest BCUT2D eigenvalue weighted by Gasteiger charge is 2.17. The summed E-state index contributed by atoms with van der Waals surface area (Å²) in [5.74, 6) is -0.393. The fourth-order valence-electron chi connectivity index (χ4n) is 2.74. The molecule has 0 atom stereocenters. The summed E-state index contributed by atoms with van der Waals surface area (Å²) in [6.07, 6.45) is 0. The Balaban J connectivity index is 2.13. The Morgan fingerprint density at radius 2 is 1.73 bits per heavy atom. The van der Waals surface area contributed by atoms with Crippen LogP contribution in [0.25, 0.3) is 10.9 Å². The van der Waals surface area contributed by atoms with Gasteiger partial charge in [0.2, 0.25) is 0 Å². The number of carbonyl (C=O) groups is 1. The van der Waals surface area contributed by atoms with Crippen LogP contribution in [-0.4, -0.2) is 10.9 Å². The van der Waals surface area contributed by atoms with Gasteiger partial charge in [0.1, 0.15) is 5.56 Å². The molecule has 0 radical (unpaired) electrons. The molecule has 0 aliphatic carbocycles. The number of pyridine rings is 1. The number of aromatic nitrogens is 1. The lowest BCUT2D eigenvalue weighted by atomic mass is 10.0. The largest absolute Gasteiger partial charge is 0.322 e. The van der Waals surface area contributed by atoms with Crippen LogP contribution in [0.15, 0.2) is 53.3 Å². The molecule has 1 amide bonds. The molecule has 2 aromatic carbocycles. The van der Waals surface area contributed by atoms with Gasteiger partial charge in [-0.15, -0.1) is 0 Å². The quantitative estimate of drug-likeness (QED) is 0.760. The molecule has 1 aromatic heterocycles. The third-order valence-electron chi connectivity index (χ3n) is 3.76. The predicted molar refractivity (Wildman–Crippen MR) is 88.4 cm³/mol. The van der Waals surface area contributed by atoms with E-state index in [9.17, 15) is 9.59 Å². The fourth-order valence-corrected chi connectivity index (χ4v) is 2.74. The van der Waals surface area contributed by atoms with Crippen molar-refractivity contribution < 1.29 is 4.79 Å². The van der Waals surface area contributed by atoms with E-state index < -0.39 is 5.91 Å². The molecule has 0 saturated carbocycles. The summed E-state index contributed by atoms with van der Waals surface area (Å²) in [5.41, 5.74) is 2.93. The maximum atomic E-state index is 12.5. The van der Waals surface area contributed by atoms with E-state index in [-0.39, 0.29) is 11.1 Å². The van der Waals surface area contributed by atoms with Gasteiger partial charge in [-0.1, -0.05) is 30.3 Å². The lowest BCUT2D eigenvalue weighted by Crippen LogP contribution is -2.25. The zero-order valence-corrected chi connectivity index (χ0v) is 12.4. The first-order valence-electron chi connectivity index (χ1n) is 7.06. The lowest BCUT2D eigenvalue weighted by molar-refractivity contribution is 0.102. The van der Waals surface area contributed by atoms with Gasteiger partial charge in [-0.25, -0.2) is 0 Å². The first-order chi connectivity index (χ1) is 10.6. The first-order valence-corrected chi connectivity index (χ1v) is 7.06. The number of aromatic amines is 1. The molecular weight excluding hydrogens is 276 g/mol. The van der Waals surface area contributed by atoms with Crippen LogP contribution in [0.2, 0.25) is 0 Å². The molecule has 0 aliphatic heterocycles. The number of H-pyrrole nitrogens is 1. The van der Waals surface area contributed by atoms with Gasteiger partial charge in [0.25, 0.3) is 11.5 Å². The summed E-state index contributed by atoms with van der Waals surface area (Å²) in [5, 5.41) is 3.68. The van der Waals surface area contributed by atoms with Crippen LogP contribution < -0.4 is 10.9 Å². The molecule has 0 fully saturated rings. The molecule has 1 heterocycles. The van der Waals surface area contributed by atoms with Gasteiger partial charge >= 0.3 is 0 Å². The molecule has 4 heteroatoms. The number of hydrogen-bond donors (Lipinski definition) is 2. The Morgan fingerprint density at radius 1 is 1.00 bits per heavy atom. The summed E-state index contributed by atoms with van der Waals surface area (Å²) in [7, 11) is 0. The van der Waals surface area contributed by atoms with Crippen LogP contribution in [0, 0.1) is 13.8 Å². The number of hydrogen-bond acceptors (Lipinski definition) is 2. The number of nitrogens with one attached hydrogen (secondary N) is 2. The first kappa shape index (κ1) is 14.1. The molecule has 0 bridgehead atoms. The van der Waals surface area contributed by atoms with Gasteiger partial charge in [-0.2, -0.15) is 0 Å². The summed E-state index contributed by atoms with van der Waals surface area (Å²) >= 11 is 0. The normalized spacial score (nSPS) is 10.6. The zero-order valence-electron chi connectivity index (χ0n) is 12.4. The number of benzene rings is 2. The molecule has 3 rings (SSSR count). The third kappa shape index (κ3) is 2.39. The molecule has 0 aliphatic rings. The lowest BCUT2D eigenvalue weighted by Gasteiger charge is -2.11. The molecule has 0 saturated heterocycles. The van der Waals surface area contributed by atoms with Crippen molar-refractivity contribution in [1.29, 1.82) is 0 Å². The molecule has 0 unspecified atom stereocenters. The van der Waals surface area contributed by atoms with Crippen molar-refractivity contribution in [3.8, 4) is 0 Å². The summed E-state index contributed by atoms with van der Waals surface area (Å²) in [6.45, 7) is 3.77. The zero-order chi connectivity index (χ0) is 15.7. The van der Waals surface area contributed by atoms with Crippen LogP contribution in [0.1, 0.15) is 21.5 Å². The van der Waals surface area contributed by atoms with Crippen molar-refractivity contribution in [2.75, 3.05) is 5.32 Å². The molecular formula is C18H16N2O2. The van der Waals surface area contributed by atoms with Crippen LogP contribution >= 0.6 is 0 Å². The van der Waals surface area contributed by atoms with Crippen molar-refractivity contribution >= 4 is 22.5 Å². The highest BCUT2D eigenvalue weighted by Crippen LogP contribution is 2.21. The predicted octanol–water partition coefficient (Wildman–Crippen LogP) is 3.40.